The van der Waals surface area contributed by atoms with Crippen molar-refractivity contribution < 1.29 is 99.2 Å². The van der Waals surface area contributed by atoms with Crippen molar-refractivity contribution in [3.05, 3.63) is 0 Å². The van der Waals surface area contributed by atoms with Gasteiger partial charge in [0.15, 0.2) is 25.2 Å². The van der Waals surface area contributed by atoms with Crippen LogP contribution in [-0.4, -0.2) is 210 Å². The Morgan fingerprint density at radius 1 is 0.457 bits per heavy atom. The Bertz CT molecular complexity index is 1840. The maximum atomic E-state index is 12.1. The Labute approximate surface area is 410 Å². The van der Waals surface area contributed by atoms with Gasteiger partial charge in [-0.15, -0.1) is 0 Å². The van der Waals surface area contributed by atoms with E-state index in [4.69, 9.17) is 37.9 Å². The number of hydrogen-bond donors (Lipinski definition) is 12. The molecule has 0 amide bonds. The first kappa shape index (κ1) is 54.0. The molecule has 20 nitrogen and oxygen atoms in total. The molecule has 5 aliphatic carbocycles. The number of ether oxygens (including phenoxy) is 8. The molecule has 70 heavy (non-hydrogen) atoms. The topological polar surface area (TPSA) is 317 Å². The van der Waals surface area contributed by atoms with Gasteiger partial charge in [0, 0.05) is 0 Å². The zero-order valence-corrected chi connectivity index (χ0v) is 42.0. The zero-order valence-electron chi connectivity index (χ0n) is 42.0. The van der Waals surface area contributed by atoms with Gasteiger partial charge in [-0.1, -0.05) is 41.5 Å². The van der Waals surface area contributed by atoms with Crippen molar-refractivity contribution in [2.45, 2.75) is 229 Å². The summed E-state index contributed by atoms with van der Waals surface area (Å²) in [7, 11) is 0. The molecule has 28 atom stereocenters. The summed E-state index contributed by atoms with van der Waals surface area (Å²) in [6, 6.07) is 0. The highest BCUT2D eigenvalue weighted by Crippen LogP contribution is 2.79. The standard InChI is InChI=1S/C50H84O20/c1-45(2)30(69-42-36(59)33(56)23(52)18-64-42)12-14-48(6)29-10-9-28-47(5)13-11-21(46(3,4)62)31(47)26(67-41-35(58)32(55)22(51)17-63-41)15-49(28,7)50(29,8)16-27(40(45)48)68-44-38(61)39(25(54)20-66-44)70-43-37(60)34(57)24(53)19-65-43/h21-44,51-62H,9-20H2,1-8H3/t21-,22+,23+,24-,25-,26-,27-,28+,29+,30-,31+,32-,33-,34-,35+,36+,37+,38+,39-,40-,41-,42-,43-,44-,47+,48+,49+,50+/m0/s1. The minimum atomic E-state index is -1.69. The summed E-state index contributed by atoms with van der Waals surface area (Å²) in [5, 5.41) is 131. The predicted molar refractivity (Wildman–Crippen MR) is 241 cm³/mol. The Kier molecular flexibility index (Phi) is 14.7. The molecule has 0 aromatic heterocycles. The van der Waals surface area contributed by atoms with Gasteiger partial charge in [-0.3, -0.25) is 0 Å². The van der Waals surface area contributed by atoms with E-state index in [2.05, 4.69) is 41.5 Å². The van der Waals surface area contributed by atoms with Crippen LogP contribution in [0.1, 0.15) is 107 Å². The van der Waals surface area contributed by atoms with Crippen LogP contribution in [0.3, 0.4) is 0 Å². The molecule has 0 unspecified atom stereocenters. The van der Waals surface area contributed by atoms with Crippen molar-refractivity contribution in [3.63, 3.8) is 0 Å². The smallest absolute Gasteiger partial charge is 0.186 e. The van der Waals surface area contributed by atoms with E-state index in [1.165, 1.54) is 0 Å². The van der Waals surface area contributed by atoms with Crippen molar-refractivity contribution in [1.29, 1.82) is 0 Å². The van der Waals surface area contributed by atoms with Gasteiger partial charge in [0.2, 0.25) is 0 Å². The lowest BCUT2D eigenvalue weighted by Gasteiger charge is -2.75. The lowest BCUT2D eigenvalue weighted by Crippen LogP contribution is -2.72. The van der Waals surface area contributed by atoms with E-state index >= 15 is 0 Å². The fourth-order valence-electron chi connectivity index (χ4n) is 17.1. The third kappa shape index (κ3) is 8.59. The predicted octanol–water partition coefficient (Wildman–Crippen LogP) is -0.986. The van der Waals surface area contributed by atoms with Crippen LogP contribution in [0.15, 0.2) is 0 Å². The number of hydrogen-bond acceptors (Lipinski definition) is 20. The first-order valence-electron chi connectivity index (χ1n) is 25.9. The first-order chi connectivity index (χ1) is 32.6. The van der Waals surface area contributed by atoms with Gasteiger partial charge in [0.1, 0.15) is 73.2 Å². The van der Waals surface area contributed by atoms with Gasteiger partial charge in [0.25, 0.3) is 0 Å². The van der Waals surface area contributed by atoms with Gasteiger partial charge < -0.3 is 99.2 Å². The minimum absolute atomic E-state index is 0.0717. The SMILES string of the molecule is CC(C)(O)[C@H]1CC[C@@]2(C)[C@H]1[C@@H](O[C@@H]1OC[C@@H](O)[C@H](O)[C@H]1O)C[C@]1(C)[C@@H]2CC[C@@H]2[C@@]3(C)CC[C@H](O[C@@H]4OC[C@@H](O)[C@H](O)[C@H]4O)C(C)(C)[C@@H]3[C@@H](O[C@@H]3OC[C@H](O)[C@H](O[C@@H]4OC[C@H](O)[C@H](O)[C@H]4O)[C@H]3O)C[C@]21C. The molecule has 4 aliphatic heterocycles. The Balaban J connectivity index is 1.09. The second-order valence-corrected chi connectivity index (χ2v) is 25.2. The average Bonchev–Trinajstić information content (AvgIpc) is 3.66. The van der Waals surface area contributed by atoms with Crippen LogP contribution in [0.25, 0.3) is 0 Å². The van der Waals surface area contributed by atoms with E-state index in [1.54, 1.807) is 0 Å². The van der Waals surface area contributed by atoms with E-state index in [9.17, 15) is 61.3 Å². The molecule has 0 aromatic carbocycles. The quantitative estimate of drug-likeness (QED) is 0.124. The summed E-state index contributed by atoms with van der Waals surface area (Å²) < 4.78 is 50.1. The zero-order chi connectivity index (χ0) is 51.0. The Hall–Kier alpha value is -0.800. The normalized spacial score (nSPS) is 57.1. The van der Waals surface area contributed by atoms with Crippen LogP contribution < -0.4 is 0 Å². The monoisotopic (exact) mass is 1000 g/mol. The molecular formula is C50H84O20. The largest absolute Gasteiger partial charge is 0.390 e. The van der Waals surface area contributed by atoms with E-state index < -0.39 is 144 Å². The molecule has 4 saturated heterocycles. The Morgan fingerprint density at radius 2 is 0.871 bits per heavy atom. The minimum Gasteiger partial charge on any atom is -0.390 e. The molecule has 9 rings (SSSR count). The maximum Gasteiger partial charge on any atom is 0.186 e. The van der Waals surface area contributed by atoms with Crippen LogP contribution in [-0.2, 0) is 37.9 Å². The van der Waals surface area contributed by atoms with Crippen LogP contribution >= 0.6 is 0 Å². The van der Waals surface area contributed by atoms with Crippen molar-refractivity contribution in [2.24, 2.45) is 56.7 Å². The van der Waals surface area contributed by atoms with Crippen LogP contribution in [0.4, 0.5) is 0 Å². The molecule has 0 spiro atoms. The number of rotatable bonds is 9. The Morgan fingerprint density at radius 3 is 1.39 bits per heavy atom. The highest BCUT2D eigenvalue weighted by molar-refractivity contribution is 5.23. The second-order valence-electron chi connectivity index (χ2n) is 25.2. The third-order valence-electron chi connectivity index (χ3n) is 20.6. The van der Waals surface area contributed by atoms with Crippen LogP contribution in [0.5, 0.6) is 0 Å². The van der Waals surface area contributed by atoms with E-state index in [0.717, 1.165) is 25.7 Å². The van der Waals surface area contributed by atoms with E-state index in [1.807, 2.05) is 13.8 Å². The lowest BCUT2D eigenvalue weighted by molar-refractivity contribution is -0.364. The highest BCUT2D eigenvalue weighted by atomic mass is 16.7. The molecule has 0 aromatic rings. The van der Waals surface area contributed by atoms with Crippen molar-refractivity contribution in [1.82, 2.24) is 0 Å². The molecule has 9 aliphatic rings. The summed E-state index contributed by atoms with van der Waals surface area (Å²) in [6.07, 6.45) is -19.3. The van der Waals surface area contributed by atoms with Crippen LogP contribution in [0, 0.1) is 56.7 Å². The van der Waals surface area contributed by atoms with Crippen molar-refractivity contribution >= 4 is 0 Å². The van der Waals surface area contributed by atoms with Gasteiger partial charge in [-0.2, -0.15) is 0 Å². The van der Waals surface area contributed by atoms with E-state index in [-0.39, 0.29) is 61.4 Å². The van der Waals surface area contributed by atoms with Gasteiger partial charge in [-0.25, -0.2) is 0 Å². The summed E-state index contributed by atoms with van der Waals surface area (Å²) in [6.45, 7) is 16.0. The number of aliphatic hydroxyl groups is 12. The number of fused-ring (bicyclic) bond motifs is 7. The van der Waals surface area contributed by atoms with Crippen molar-refractivity contribution in [2.75, 3.05) is 26.4 Å². The highest BCUT2D eigenvalue weighted by Gasteiger charge is 2.75. The van der Waals surface area contributed by atoms with Gasteiger partial charge >= 0.3 is 0 Å². The third-order valence-corrected chi connectivity index (χ3v) is 20.6. The van der Waals surface area contributed by atoms with Crippen LogP contribution in [0.2, 0.25) is 0 Å². The fraction of sp³-hybridized carbons (Fsp3) is 1.00. The molecule has 4 heterocycles. The molecule has 0 radical (unpaired) electrons. The molecule has 12 N–H and O–H groups in total. The van der Waals surface area contributed by atoms with Crippen molar-refractivity contribution in [3.8, 4) is 0 Å². The summed E-state index contributed by atoms with van der Waals surface area (Å²) in [5.41, 5.74) is -3.68. The molecular weight excluding hydrogens is 921 g/mol. The van der Waals surface area contributed by atoms with Gasteiger partial charge in [0.05, 0.1) is 50.3 Å². The van der Waals surface area contributed by atoms with E-state index in [0.29, 0.717) is 25.7 Å². The summed E-state index contributed by atoms with van der Waals surface area (Å²) in [4.78, 5) is 0. The summed E-state index contributed by atoms with van der Waals surface area (Å²) in [5.74, 6) is -0.433. The van der Waals surface area contributed by atoms with Gasteiger partial charge in [-0.05, 0) is 122 Å². The molecule has 404 valence electrons. The summed E-state index contributed by atoms with van der Waals surface area (Å²) >= 11 is 0. The molecule has 9 fully saturated rings. The molecule has 5 saturated carbocycles. The second kappa shape index (κ2) is 19.0. The first-order valence-corrected chi connectivity index (χ1v) is 25.9. The lowest BCUT2D eigenvalue weighted by atomic mass is 9.31. The molecule has 20 heteroatoms. The average molecular weight is 1010 g/mol. The maximum absolute atomic E-state index is 12.1. The molecule has 0 bridgehead atoms. The fourth-order valence-corrected chi connectivity index (χ4v) is 17.1. The number of aliphatic hydroxyl groups excluding tert-OH is 11.